The largest absolute Gasteiger partial charge is 0.388 e. The van der Waals surface area contributed by atoms with Crippen LogP contribution in [0.5, 0.6) is 0 Å². The summed E-state index contributed by atoms with van der Waals surface area (Å²) in [6.45, 7) is 2.42. The molecule has 1 fully saturated rings. The second kappa shape index (κ2) is 7.01. The lowest BCUT2D eigenvalue weighted by atomic mass is 9.89. The molecule has 1 unspecified atom stereocenters. The first-order chi connectivity index (χ1) is 12.6. The Balaban J connectivity index is 1.44. The molecular formula is C19H23N5O2. The van der Waals surface area contributed by atoms with Crippen LogP contribution in [0.2, 0.25) is 0 Å². The van der Waals surface area contributed by atoms with E-state index < -0.39 is 5.60 Å². The second-order valence-corrected chi connectivity index (χ2v) is 7.07. The molecule has 1 aliphatic rings. The molecule has 7 nitrogen and oxygen atoms in total. The molecule has 0 radical (unpaired) electrons. The minimum absolute atomic E-state index is 0.357. The van der Waals surface area contributed by atoms with Crippen molar-refractivity contribution in [3.8, 4) is 11.6 Å². The number of likely N-dealkylation sites (tertiary alicyclic amines) is 1. The first kappa shape index (κ1) is 16.9. The van der Waals surface area contributed by atoms with E-state index in [1.165, 1.54) is 5.56 Å². The third-order valence-electron chi connectivity index (χ3n) is 4.85. The monoisotopic (exact) mass is 353 g/mol. The maximum absolute atomic E-state index is 11.1. The van der Waals surface area contributed by atoms with E-state index in [4.69, 9.17) is 4.52 Å². The van der Waals surface area contributed by atoms with Crippen LogP contribution in [-0.2, 0) is 20.0 Å². The summed E-state index contributed by atoms with van der Waals surface area (Å²) in [6, 6.07) is 10.3. The van der Waals surface area contributed by atoms with Gasteiger partial charge in [0.1, 0.15) is 0 Å². The average molecular weight is 353 g/mol. The topological polar surface area (TPSA) is 80.2 Å². The van der Waals surface area contributed by atoms with Gasteiger partial charge in [0.25, 0.3) is 0 Å². The van der Waals surface area contributed by atoms with Crippen molar-refractivity contribution in [2.24, 2.45) is 7.05 Å². The maximum Gasteiger partial charge on any atom is 0.238 e. The van der Waals surface area contributed by atoms with E-state index in [-0.39, 0.29) is 0 Å². The quantitative estimate of drug-likeness (QED) is 0.756. The van der Waals surface area contributed by atoms with Gasteiger partial charge < -0.3 is 14.2 Å². The van der Waals surface area contributed by atoms with Crippen LogP contribution in [0.3, 0.4) is 0 Å². The van der Waals surface area contributed by atoms with E-state index in [2.05, 4.69) is 32.2 Å². The van der Waals surface area contributed by atoms with E-state index in [0.29, 0.717) is 30.5 Å². The molecule has 0 amide bonds. The number of benzene rings is 1. The Hall–Kier alpha value is -2.51. The minimum Gasteiger partial charge on any atom is -0.388 e. The van der Waals surface area contributed by atoms with Gasteiger partial charge in [0.15, 0.2) is 5.82 Å². The van der Waals surface area contributed by atoms with Gasteiger partial charge in [0.05, 0.1) is 12.0 Å². The molecule has 26 heavy (non-hydrogen) atoms. The molecule has 1 atom stereocenters. The van der Waals surface area contributed by atoms with Gasteiger partial charge in [-0.1, -0.05) is 35.5 Å². The molecule has 1 N–H and O–H groups in total. The Labute approximate surface area is 152 Å². The van der Waals surface area contributed by atoms with E-state index >= 15 is 0 Å². The van der Waals surface area contributed by atoms with Crippen molar-refractivity contribution in [1.82, 2.24) is 24.6 Å². The predicted molar refractivity (Wildman–Crippen MR) is 96.1 cm³/mol. The highest BCUT2D eigenvalue weighted by Gasteiger charge is 2.35. The number of piperidine rings is 1. The third-order valence-corrected chi connectivity index (χ3v) is 4.85. The molecule has 0 spiro atoms. The van der Waals surface area contributed by atoms with Gasteiger partial charge >= 0.3 is 0 Å². The summed E-state index contributed by atoms with van der Waals surface area (Å²) in [6.07, 6.45) is 5.57. The van der Waals surface area contributed by atoms with Crippen LogP contribution in [0.15, 0.2) is 47.2 Å². The summed E-state index contributed by atoms with van der Waals surface area (Å²) in [5.41, 5.74) is 0.407. The fourth-order valence-corrected chi connectivity index (χ4v) is 3.61. The van der Waals surface area contributed by atoms with Crippen molar-refractivity contribution in [2.45, 2.75) is 31.4 Å². The number of nitrogens with zero attached hydrogens (tertiary/aromatic N) is 5. The molecule has 0 saturated carbocycles. The predicted octanol–water partition coefficient (Wildman–Crippen LogP) is 2.04. The van der Waals surface area contributed by atoms with Gasteiger partial charge in [-0.15, -0.1) is 0 Å². The number of aryl methyl sites for hydroxylation is 1. The standard InChI is InChI=1S/C19H23N5O2/c1-23-11-9-20-18(23)17-21-16(26-22-17)12-19(25)8-5-10-24(14-19)13-15-6-3-2-4-7-15/h2-4,6-7,9,11,25H,5,8,10,12-14H2,1H3. The Morgan fingerprint density at radius 2 is 2.12 bits per heavy atom. The summed E-state index contributed by atoms with van der Waals surface area (Å²) in [5, 5.41) is 15.1. The minimum atomic E-state index is -0.849. The second-order valence-electron chi connectivity index (χ2n) is 7.07. The molecule has 3 aromatic rings. The van der Waals surface area contributed by atoms with Crippen LogP contribution in [0.4, 0.5) is 0 Å². The Morgan fingerprint density at radius 1 is 1.27 bits per heavy atom. The molecule has 3 heterocycles. The summed E-state index contributed by atoms with van der Waals surface area (Å²) >= 11 is 0. The number of aromatic nitrogens is 4. The zero-order valence-electron chi connectivity index (χ0n) is 14.9. The van der Waals surface area contributed by atoms with Crippen molar-refractivity contribution < 1.29 is 9.63 Å². The van der Waals surface area contributed by atoms with E-state index in [9.17, 15) is 5.11 Å². The molecule has 4 rings (SSSR count). The van der Waals surface area contributed by atoms with E-state index in [1.807, 2.05) is 36.0 Å². The van der Waals surface area contributed by atoms with Crippen molar-refractivity contribution in [3.63, 3.8) is 0 Å². The highest BCUT2D eigenvalue weighted by atomic mass is 16.5. The summed E-state index contributed by atoms with van der Waals surface area (Å²) in [7, 11) is 1.88. The van der Waals surface area contributed by atoms with Crippen LogP contribution in [0, 0.1) is 0 Å². The van der Waals surface area contributed by atoms with Crippen molar-refractivity contribution in [2.75, 3.05) is 13.1 Å². The molecular weight excluding hydrogens is 330 g/mol. The molecule has 1 aromatic carbocycles. The van der Waals surface area contributed by atoms with Gasteiger partial charge in [-0.05, 0) is 24.9 Å². The van der Waals surface area contributed by atoms with Crippen LogP contribution in [-0.4, -0.2) is 48.4 Å². The number of aliphatic hydroxyl groups is 1. The molecule has 0 aliphatic carbocycles. The SMILES string of the molecule is Cn1ccnc1-c1noc(CC2(O)CCCN(Cc3ccccc3)C2)n1. The Morgan fingerprint density at radius 3 is 2.88 bits per heavy atom. The molecule has 2 aromatic heterocycles. The lowest BCUT2D eigenvalue weighted by Crippen LogP contribution is -2.49. The number of rotatable bonds is 5. The fourth-order valence-electron chi connectivity index (χ4n) is 3.61. The van der Waals surface area contributed by atoms with Crippen molar-refractivity contribution in [3.05, 3.63) is 54.2 Å². The third kappa shape index (κ3) is 3.68. The molecule has 1 saturated heterocycles. The summed E-state index contributed by atoms with van der Waals surface area (Å²) < 4.78 is 7.21. The van der Waals surface area contributed by atoms with Gasteiger partial charge in [-0.3, -0.25) is 4.90 Å². The Kier molecular flexibility index (Phi) is 4.57. The maximum atomic E-state index is 11.1. The highest BCUT2D eigenvalue weighted by molar-refractivity contribution is 5.42. The zero-order chi connectivity index (χ0) is 18.0. The fraction of sp³-hybridized carbons (Fsp3) is 0.421. The summed E-state index contributed by atoms with van der Waals surface area (Å²) in [4.78, 5) is 10.9. The first-order valence-electron chi connectivity index (χ1n) is 8.90. The van der Waals surface area contributed by atoms with Crippen molar-refractivity contribution in [1.29, 1.82) is 0 Å². The summed E-state index contributed by atoms with van der Waals surface area (Å²) in [5.74, 6) is 1.56. The lowest BCUT2D eigenvalue weighted by molar-refractivity contribution is -0.0373. The van der Waals surface area contributed by atoms with Gasteiger partial charge in [0, 0.05) is 32.5 Å². The van der Waals surface area contributed by atoms with Crippen LogP contribution in [0.25, 0.3) is 11.6 Å². The lowest BCUT2D eigenvalue weighted by Gasteiger charge is -2.38. The van der Waals surface area contributed by atoms with Crippen molar-refractivity contribution >= 4 is 0 Å². The first-order valence-corrected chi connectivity index (χ1v) is 8.90. The molecule has 7 heteroatoms. The van der Waals surface area contributed by atoms with Crippen LogP contribution < -0.4 is 0 Å². The van der Waals surface area contributed by atoms with Gasteiger partial charge in [0.2, 0.25) is 11.7 Å². The number of hydrogen-bond acceptors (Lipinski definition) is 6. The number of β-amino-alcohol motifs (C(OH)–C–C–N with tert-alkyl or cyclic N) is 1. The highest BCUT2D eigenvalue weighted by Crippen LogP contribution is 2.26. The van der Waals surface area contributed by atoms with Gasteiger partial charge in [-0.25, -0.2) is 4.98 Å². The normalized spacial score (nSPS) is 21.2. The number of hydrogen-bond donors (Lipinski definition) is 1. The zero-order valence-corrected chi connectivity index (χ0v) is 14.9. The van der Waals surface area contributed by atoms with E-state index in [1.54, 1.807) is 6.20 Å². The molecule has 1 aliphatic heterocycles. The smallest absolute Gasteiger partial charge is 0.238 e. The molecule has 0 bridgehead atoms. The van der Waals surface area contributed by atoms with Gasteiger partial charge in [-0.2, -0.15) is 4.98 Å². The molecule has 136 valence electrons. The van der Waals surface area contributed by atoms with Crippen LogP contribution in [0.1, 0.15) is 24.3 Å². The van der Waals surface area contributed by atoms with E-state index in [0.717, 1.165) is 25.9 Å². The van der Waals surface area contributed by atoms with Crippen LogP contribution >= 0.6 is 0 Å². The number of imidazole rings is 1. The average Bonchev–Trinajstić information content (AvgIpc) is 3.24. The Bertz CT molecular complexity index is 860.